The molecule has 2 heterocycles. The van der Waals surface area contributed by atoms with Crippen LogP contribution >= 0.6 is 0 Å². The second kappa shape index (κ2) is 5.55. The van der Waals surface area contributed by atoms with Crippen LogP contribution in [0.1, 0.15) is 29.8 Å². The maximum absolute atomic E-state index is 12.4. The molecule has 0 atom stereocenters. The van der Waals surface area contributed by atoms with E-state index in [1.165, 1.54) is 6.07 Å². The van der Waals surface area contributed by atoms with E-state index in [2.05, 4.69) is 5.32 Å². The summed E-state index contributed by atoms with van der Waals surface area (Å²) in [6.45, 7) is 2.71. The highest BCUT2D eigenvalue weighted by Gasteiger charge is 2.46. The molecular weight excluding hydrogens is 314 g/mol. The predicted octanol–water partition coefficient (Wildman–Crippen LogP) is 0.563. The van der Waals surface area contributed by atoms with Crippen LogP contribution in [0.25, 0.3) is 0 Å². The van der Waals surface area contributed by atoms with E-state index in [0.717, 1.165) is 4.90 Å². The van der Waals surface area contributed by atoms with Gasteiger partial charge in [-0.25, -0.2) is 9.69 Å². The third kappa shape index (κ3) is 2.45. The molecule has 2 aliphatic rings. The minimum atomic E-state index is -1.000. The molecule has 1 saturated heterocycles. The van der Waals surface area contributed by atoms with Gasteiger partial charge in [0.1, 0.15) is 0 Å². The summed E-state index contributed by atoms with van der Waals surface area (Å²) >= 11 is 0. The van der Waals surface area contributed by atoms with E-state index >= 15 is 0 Å². The van der Waals surface area contributed by atoms with Gasteiger partial charge in [-0.3, -0.25) is 24.1 Å². The van der Waals surface area contributed by atoms with Crippen LogP contribution in [-0.4, -0.2) is 51.9 Å². The summed E-state index contributed by atoms with van der Waals surface area (Å²) < 4.78 is 0. The van der Waals surface area contributed by atoms with Crippen molar-refractivity contribution in [3.05, 3.63) is 29.3 Å². The van der Waals surface area contributed by atoms with Crippen molar-refractivity contribution >= 4 is 35.2 Å². The van der Waals surface area contributed by atoms with Gasteiger partial charge in [0, 0.05) is 17.3 Å². The van der Waals surface area contributed by atoms with Crippen LogP contribution in [0.2, 0.25) is 0 Å². The number of hydrogen-bond acceptors (Lipinski definition) is 5. The lowest BCUT2D eigenvalue weighted by atomic mass is 10.0. The second-order valence-corrected chi connectivity index (χ2v) is 5.96. The number of amides is 5. The first kappa shape index (κ1) is 15.9. The van der Waals surface area contributed by atoms with E-state index in [0.29, 0.717) is 16.2 Å². The van der Waals surface area contributed by atoms with Crippen LogP contribution in [0.4, 0.5) is 10.5 Å². The van der Waals surface area contributed by atoms with Crippen molar-refractivity contribution in [1.82, 2.24) is 9.80 Å². The molecule has 1 fully saturated rings. The summed E-state index contributed by atoms with van der Waals surface area (Å²) in [7, 11) is 0. The van der Waals surface area contributed by atoms with E-state index < -0.39 is 36.2 Å². The Morgan fingerprint density at radius 3 is 2.50 bits per heavy atom. The van der Waals surface area contributed by atoms with E-state index in [1.54, 1.807) is 26.0 Å². The molecule has 0 bridgehead atoms. The van der Waals surface area contributed by atoms with E-state index in [9.17, 15) is 24.0 Å². The quantitative estimate of drug-likeness (QED) is 0.494. The molecule has 0 aliphatic carbocycles. The number of hydrogen-bond donors (Lipinski definition) is 1. The van der Waals surface area contributed by atoms with Crippen LogP contribution < -0.4 is 5.32 Å². The number of benzene rings is 1. The topological polar surface area (TPSA) is 104 Å². The van der Waals surface area contributed by atoms with Gasteiger partial charge >= 0.3 is 17.8 Å². The zero-order chi connectivity index (χ0) is 17.6. The summed E-state index contributed by atoms with van der Waals surface area (Å²) in [6.07, 6.45) is 0.178. The Labute approximate surface area is 137 Å². The summed E-state index contributed by atoms with van der Waals surface area (Å²) in [5.41, 5.74) is 1.61. The van der Waals surface area contributed by atoms with Crippen LogP contribution in [-0.2, 0) is 20.8 Å². The molecule has 0 saturated carbocycles. The Morgan fingerprint density at radius 2 is 1.88 bits per heavy atom. The molecule has 124 valence electrons. The SMILES string of the molecule is CC(C)N1C(=O)C(=O)N(CC(=O)c2ccc3c(c2)CC(=O)N3)C1=O. The van der Waals surface area contributed by atoms with Gasteiger partial charge in [0.2, 0.25) is 5.91 Å². The molecule has 0 radical (unpaired) electrons. The van der Waals surface area contributed by atoms with Gasteiger partial charge in [0.05, 0.1) is 13.0 Å². The lowest BCUT2D eigenvalue weighted by Gasteiger charge is -2.18. The van der Waals surface area contributed by atoms with Gasteiger partial charge in [0.25, 0.3) is 0 Å². The van der Waals surface area contributed by atoms with E-state index in [1.807, 2.05) is 0 Å². The number of Topliss-reactive ketones (excluding diaryl/α,β-unsaturated/α-hetero) is 1. The number of rotatable bonds is 4. The lowest BCUT2D eigenvalue weighted by molar-refractivity contribution is -0.143. The van der Waals surface area contributed by atoms with Crippen molar-refractivity contribution in [1.29, 1.82) is 0 Å². The number of carbonyl (C=O) groups is 5. The molecule has 3 rings (SSSR count). The molecule has 0 unspecified atom stereocenters. The molecule has 1 aromatic carbocycles. The Kier molecular flexibility index (Phi) is 3.67. The number of carbonyl (C=O) groups excluding carboxylic acids is 5. The third-order valence-corrected chi connectivity index (χ3v) is 3.95. The van der Waals surface area contributed by atoms with Gasteiger partial charge in [-0.05, 0) is 37.6 Å². The highest BCUT2D eigenvalue weighted by molar-refractivity contribution is 6.45. The summed E-state index contributed by atoms with van der Waals surface area (Å²) in [5.74, 6) is -2.55. The van der Waals surface area contributed by atoms with E-state index in [-0.39, 0.29) is 17.9 Å². The van der Waals surface area contributed by atoms with Crippen molar-refractivity contribution < 1.29 is 24.0 Å². The minimum Gasteiger partial charge on any atom is -0.326 e. The molecular formula is C16H15N3O5. The summed E-state index contributed by atoms with van der Waals surface area (Å²) in [4.78, 5) is 61.1. The number of urea groups is 1. The van der Waals surface area contributed by atoms with Crippen LogP contribution in [0.3, 0.4) is 0 Å². The third-order valence-electron chi connectivity index (χ3n) is 3.95. The predicted molar refractivity (Wildman–Crippen MR) is 82.2 cm³/mol. The van der Waals surface area contributed by atoms with Crippen LogP contribution in [0, 0.1) is 0 Å². The van der Waals surface area contributed by atoms with Crippen molar-refractivity contribution in [3.8, 4) is 0 Å². The average molecular weight is 329 g/mol. The van der Waals surface area contributed by atoms with E-state index in [4.69, 9.17) is 0 Å². The first-order valence-electron chi connectivity index (χ1n) is 7.44. The first-order chi connectivity index (χ1) is 11.3. The van der Waals surface area contributed by atoms with Gasteiger partial charge in [-0.2, -0.15) is 0 Å². The number of anilines is 1. The summed E-state index contributed by atoms with van der Waals surface area (Å²) in [6, 6.07) is 3.42. The first-order valence-corrected chi connectivity index (χ1v) is 7.44. The smallest absolute Gasteiger partial charge is 0.326 e. The zero-order valence-corrected chi connectivity index (χ0v) is 13.2. The molecule has 2 aliphatic heterocycles. The molecule has 1 aromatic rings. The Morgan fingerprint density at radius 1 is 1.17 bits per heavy atom. The molecule has 8 heteroatoms. The Bertz CT molecular complexity index is 799. The van der Waals surface area contributed by atoms with Gasteiger partial charge < -0.3 is 5.32 Å². The number of fused-ring (bicyclic) bond motifs is 1. The number of nitrogens with one attached hydrogen (secondary N) is 1. The second-order valence-electron chi connectivity index (χ2n) is 5.96. The molecule has 5 amide bonds. The van der Waals surface area contributed by atoms with Gasteiger partial charge in [-0.1, -0.05) is 0 Å². The highest BCUT2D eigenvalue weighted by atomic mass is 16.2. The molecule has 1 N–H and O–H groups in total. The molecule has 24 heavy (non-hydrogen) atoms. The highest BCUT2D eigenvalue weighted by Crippen LogP contribution is 2.24. The fourth-order valence-electron chi connectivity index (χ4n) is 2.75. The standard InChI is InChI=1S/C16H15N3O5/c1-8(2)19-15(23)14(22)18(16(19)24)7-12(20)9-3-4-11-10(5-9)6-13(21)17-11/h3-5,8H,6-7H2,1-2H3,(H,17,21). The van der Waals surface area contributed by atoms with Crippen molar-refractivity contribution in [3.63, 3.8) is 0 Å². The minimum absolute atomic E-state index is 0.155. The fourth-order valence-corrected chi connectivity index (χ4v) is 2.75. The van der Waals surface area contributed by atoms with Gasteiger partial charge in [-0.15, -0.1) is 0 Å². The van der Waals surface area contributed by atoms with Crippen molar-refractivity contribution in [2.45, 2.75) is 26.3 Å². The number of imide groups is 2. The monoisotopic (exact) mass is 329 g/mol. The Balaban J connectivity index is 1.79. The number of nitrogens with zero attached hydrogens (tertiary/aromatic N) is 2. The molecule has 0 spiro atoms. The Hall–Kier alpha value is -3.03. The maximum atomic E-state index is 12.4. The fraction of sp³-hybridized carbons (Fsp3) is 0.312. The van der Waals surface area contributed by atoms with Crippen molar-refractivity contribution in [2.24, 2.45) is 0 Å². The maximum Gasteiger partial charge on any atom is 0.334 e. The van der Waals surface area contributed by atoms with Gasteiger partial charge in [0.15, 0.2) is 5.78 Å². The molecule has 8 nitrogen and oxygen atoms in total. The zero-order valence-electron chi connectivity index (χ0n) is 13.2. The van der Waals surface area contributed by atoms with Crippen LogP contribution in [0.15, 0.2) is 18.2 Å². The number of ketones is 1. The van der Waals surface area contributed by atoms with Crippen molar-refractivity contribution in [2.75, 3.05) is 11.9 Å². The average Bonchev–Trinajstić information content (AvgIpc) is 2.98. The normalized spacial score (nSPS) is 17.0. The summed E-state index contributed by atoms with van der Waals surface area (Å²) in [5, 5.41) is 2.65. The lowest BCUT2D eigenvalue weighted by Crippen LogP contribution is -2.39. The largest absolute Gasteiger partial charge is 0.334 e. The van der Waals surface area contributed by atoms with Crippen LogP contribution in [0.5, 0.6) is 0 Å². The molecule has 0 aromatic heterocycles.